The van der Waals surface area contributed by atoms with Crippen molar-refractivity contribution in [3.05, 3.63) is 24.2 Å². The Morgan fingerprint density at radius 3 is 2.79 bits per heavy atom. The van der Waals surface area contributed by atoms with Gasteiger partial charge < -0.3 is 18.6 Å². The number of rotatable bonds is 2. The fourth-order valence-electron chi connectivity index (χ4n) is 6.57. The van der Waals surface area contributed by atoms with Crippen molar-refractivity contribution in [3.63, 3.8) is 0 Å². The normalized spacial score (nSPS) is 44.1. The van der Waals surface area contributed by atoms with Gasteiger partial charge >= 0.3 is 17.9 Å². The van der Waals surface area contributed by atoms with Crippen molar-refractivity contribution in [2.75, 3.05) is 7.11 Å². The molecule has 150 valence electrons. The van der Waals surface area contributed by atoms with Crippen LogP contribution in [0.5, 0.6) is 0 Å². The number of hydrogen-bond acceptors (Lipinski definition) is 7. The van der Waals surface area contributed by atoms with Gasteiger partial charge in [0.25, 0.3) is 0 Å². The fraction of sp³-hybridized carbons (Fsp3) is 0.667. The number of methoxy groups -OCH3 is 1. The van der Waals surface area contributed by atoms with Gasteiger partial charge in [0.15, 0.2) is 0 Å². The summed E-state index contributed by atoms with van der Waals surface area (Å²) < 4.78 is 21.7. The highest BCUT2D eigenvalue weighted by Gasteiger charge is 2.74. The van der Waals surface area contributed by atoms with Crippen LogP contribution in [0.2, 0.25) is 0 Å². The minimum Gasteiger partial charge on any atom is -0.472 e. The molecular formula is C21H24O7. The molecular weight excluding hydrogens is 364 g/mol. The highest BCUT2D eigenvalue weighted by Crippen LogP contribution is 2.67. The summed E-state index contributed by atoms with van der Waals surface area (Å²) in [5.41, 5.74) is -0.874. The highest BCUT2D eigenvalue weighted by atomic mass is 16.6. The van der Waals surface area contributed by atoms with Gasteiger partial charge in [-0.3, -0.25) is 14.4 Å². The van der Waals surface area contributed by atoms with E-state index in [0.29, 0.717) is 12.8 Å². The largest absolute Gasteiger partial charge is 0.472 e. The predicted molar refractivity (Wildman–Crippen MR) is 93.5 cm³/mol. The molecule has 2 aliphatic heterocycles. The van der Waals surface area contributed by atoms with Crippen LogP contribution >= 0.6 is 0 Å². The lowest BCUT2D eigenvalue weighted by Crippen LogP contribution is -2.60. The number of ether oxygens (including phenoxy) is 3. The van der Waals surface area contributed by atoms with Crippen LogP contribution in [0.4, 0.5) is 0 Å². The van der Waals surface area contributed by atoms with E-state index in [9.17, 15) is 14.4 Å². The summed E-state index contributed by atoms with van der Waals surface area (Å²) in [6, 6.07) is 1.76. The zero-order valence-corrected chi connectivity index (χ0v) is 16.0. The average Bonchev–Trinajstić information content (AvgIpc) is 3.28. The molecule has 2 aliphatic carbocycles. The van der Waals surface area contributed by atoms with Crippen LogP contribution in [0.3, 0.4) is 0 Å². The molecule has 0 spiro atoms. The van der Waals surface area contributed by atoms with E-state index in [4.69, 9.17) is 18.6 Å². The molecule has 0 amide bonds. The van der Waals surface area contributed by atoms with Crippen LogP contribution < -0.4 is 0 Å². The minimum absolute atomic E-state index is 0.0581. The van der Waals surface area contributed by atoms with Gasteiger partial charge in [0.05, 0.1) is 30.5 Å². The van der Waals surface area contributed by atoms with E-state index in [-0.39, 0.29) is 29.7 Å². The lowest BCUT2D eigenvalue weighted by molar-refractivity contribution is -0.196. The van der Waals surface area contributed by atoms with E-state index >= 15 is 0 Å². The number of furan rings is 1. The van der Waals surface area contributed by atoms with Crippen molar-refractivity contribution in [2.45, 2.75) is 51.2 Å². The smallest absolute Gasteiger partial charge is 0.314 e. The molecule has 0 aromatic carbocycles. The van der Waals surface area contributed by atoms with Gasteiger partial charge in [0.2, 0.25) is 0 Å². The van der Waals surface area contributed by atoms with Gasteiger partial charge in [0, 0.05) is 12.0 Å². The van der Waals surface area contributed by atoms with Gasteiger partial charge in [-0.1, -0.05) is 6.42 Å². The van der Waals surface area contributed by atoms with Crippen LogP contribution in [0.1, 0.15) is 50.7 Å². The van der Waals surface area contributed by atoms with E-state index in [1.54, 1.807) is 12.3 Å². The molecule has 1 aromatic heterocycles. The van der Waals surface area contributed by atoms with Crippen LogP contribution in [0.25, 0.3) is 0 Å². The quantitative estimate of drug-likeness (QED) is 0.568. The summed E-state index contributed by atoms with van der Waals surface area (Å²) in [6.07, 6.45) is 5.20. The van der Waals surface area contributed by atoms with E-state index in [1.807, 2.05) is 6.92 Å². The number of carbonyl (C=O) groups excluding carboxylic acids is 3. The fourth-order valence-corrected chi connectivity index (χ4v) is 6.57. The molecule has 7 atom stereocenters. The van der Waals surface area contributed by atoms with E-state index in [2.05, 4.69) is 0 Å². The Bertz CT molecular complexity index is 830. The third-order valence-electron chi connectivity index (χ3n) is 7.83. The molecule has 4 aliphatic rings. The Balaban J connectivity index is 1.60. The van der Waals surface area contributed by atoms with Crippen molar-refractivity contribution in [1.29, 1.82) is 0 Å². The Morgan fingerprint density at radius 2 is 2.07 bits per heavy atom. The zero-order chi connectivity index (χ0) is 19.7. The third kappa shape index (κ3) is 2.07. The first-order valence-electron chi connectivity index (χ1n) is 9.94. The minimum atomic E-state index is -0.944. The summed E-state index contributed by atoms with van der Waals surface area (Å²) in [4.78, 5) is 38.9. The molecule has 1 unspecified atom stereocenters. The Labute approximate surface area is 162 Å². The predicted octanol–water partition coefficient (Wildman–Crippen LogP) is 2.79. The SMILES string of the molecule is COC(=O)[C@@]1(C)CCC[C@@H]2[C@H]1CC1OC(=O)[C@]23C[C@@H](c2ccoc2)OC(=O)[C@@H]13. The molecule has 2 bridgehead atoms. The van der Waals surface area contributed by atoms with Crippen molar-refractivity contribution >= 4 is 17.9 Å². The number of hydrogen-bond donors (Lipinski definition) is 0. The molecule has 3 heterocycles. The second-order valence-electron chi connectivity index (χ2n) is 8.90. The summed E-state index contributed by atoms with van der Waals surface area (Å²) in [5, 5.41) is 0. The first-order valence-corrected chi connectivity index (χ1v) is 9.94. The number of cyclic esters (lactones) is 1. The summed E-state index contributed by atoms with van der Waals surface area (Å²) in [7, 11) is 1.41. The van der Waals surface area contributed by atoms with Crippen molar-refractivity contribution in [2.24, 2.45) is 28.6 Å². The third-order valence-corrected chi connectivity index (χ3v) is 7.83. The zero-order valence-electron chi connectivity index (χ0n) is 16.0. The van der Waals surface area contributed by atoms with Gasteiger partial charge in [-0.15, -0.1) is 0 Å². The lowest BCUT2D eigenvalue weighted by Gasteiger charge is -2.55. The standard InChI is InChI=1S/C21H24O7/c1-20(18(23)25-2)6-3-4-12-13(20)8-14-16-17(22)27-15(11-5-7-26-10-11)9-21(12,16)19(24)28-14/h5,7,10,12-16H,3-4,6,8-9H2,1-2H3/t12-,13-,14?,15+,16-,20+,21-/m1/s1. The molecule has 7 nitrogen and oxygen atoms in total. The van der Waals surface area contributed by atoms with Crippen LogP contribution in [0, 0.1) is 28.6 Å². The topological polar surface area (TPSA) is 92.0 Å². The molecule has 7 heteroatoms. The van der Waals surface area contributed by atoms with E-state index in [1.165, 1.54) is 13.4 Å². The van der Waals surface area contributed by atoms with Gasteiger partial charge in [0.1, 0.15) is 18.1 Å². The Kier molecular flexibility index (Phi) is 3.71. The number of fused-ring (bicyclic) bond motifs is 1. The van der Waals surface area contributed by atoms with E-state index < -0.39 is 29.0 Å². The van der Waals surface area contributed by atoms with Crippen LogP contribution in [0.15, 0.2) is 23.0 Å². The average molecular weight is 388 g/mol. The molecule has 28 heavy (non-hydrogen) atoms. The summed E-state index contributed by atoms with van der Waals surface area (Å²) in [5.74, 6) is -1.69. The van der Waals surface area contributed by atoms with E-state index in [0.717, 1.165) is 24.8 Å². The number of carbonyl (C=O) groups is 3. The monoisotopic (exact) mass is 388 g/mol. The molecule has 2 saturated heterocycles. The molecule has 5 rings (SSSR count). The van der Waals surface area contributed by atoms with Gasteiger partial charge in [-0.2, -0.15) is 0 Å². The molecule has 2 saturated carbocycles. The van der Waals surface area contributed by atoms with Gasteiger partial charge in [-0.25, -0.2) is 0 Å². The number of esters is 3. The Morgan fingerprint density at radius 1 is 1.25 bits per heavy atom. The summed E-state index contributed by atoms with van der Waals surface area (Å²) in [6.45, 7) is 1.94. The van der Waals surface area contributed by atoms with Crippen molar-refractivity contribution in [1.82, 2.24) is 0 Å². The molecule has 0 radical (unpaired) electrons. The molecule has 4 fully saturated rings. The maximum Gasteiger partial charge on any atom is 0.314 e. The maximum absolute atomic E-state index is 13.2. The Hall–Kier alpha value is -2.31. The van der Waals surface area contributed by atoms with Crippen LogP contribution in [-0.2, 0) is 28.6 Å². The first-order chi connectivity index (χ1) is 13.4. The van der Waals surface area contributed by atoms with Gasteiger partial charge in [-0.05, 0) is 44.1 Å². The van der Waals surface area contributed by atoms with Crippen molar-refractivity contribution in [3.8, 4) is 0 Å². The molecule has 0 N–H and O–H groups in total. The first kappa shape index (κ1) is 17.8. The highest BCUT2D eigenvalue weighted by molar-refractivity contribution is 5.91. The second kappa shape index (κ2) is 5.84. The summed E-state index contributed by atoms with van der Waals surface area (Å²) >= 11 is 0. The molecule has 1 aromatic rings. The maximum atomic E-state index is 13.2. The van der Waals surface area contributed by atoms with Crippen molar-refractivity contribution < 1.29 is 33.0 Å². The second-order valence-corrected chi connectivity index (χ2v) is 8.90. The van der Waals surface area contributed by atoms with Crippen LogP contribution in [-0.4, -0.2) is 31.1 Å². The lowest BCUT2D eigenvalue weighted by atomic mass is 9.46.